The van der Waals surface area contributed by atoms with Gasteiger partial charge in [0.25, 0.3) is 0 Å². The number of hydrogen-bond donors (Lipinski definition) is 1. The highest BCUT2D eigenvalue weighted by molar-refractivity contribution is 5.93. The Morgan fingerprint density at radius 2 is 1.79 bits per heavy atom. The molecule has 1 amide bonds. The molecule has 0 radical (unpaired) electrons. The van der Waals surface area contributed by atoms with Gasteiger partial charge in [0.1, 0.15) is 0 Å². The third kappa shape index (κ3) is 3.49. The number of carbonyl (C=O) groups excluding carboxylic acids is 1. The van der Waals surface area contributed by atoms with Gasteiger partial charge in [-0.2, -0.15) is 0 Å². The molecule has 7 rings (SSSR count). The molecule has 7 heteroatoms. The van der Waals surface area contributed by atoms with Crippen LogP contribution in [0.1, 0.15) is 50.1 Å². The SMILES string of the molecule is Nc1cc(-c2cccc3nccnc23)c(C2CC2)nc1N1CCN(C(=O)C2CC2)[C@H](C2CC2)C1. The van der Waals surface area contributed by atoms with E-state index >= 15 is 0 Å². The fourth-order valence-electron chi connectivity index (χ4n) is 5.61. The summed E-state index contributed by atoms with van der Waals surface area (Å²) in [5, 5.41) is 0. The highest BCUT2D eigenvalue weighted by atomic mass is 16.2. The summed E-state index contributed by atoms with van der Waals surface area (Å²) in [6, 6.07) is 8.52. The van der Waals surface area contributed by atoms with Crippen LogP contribution in [0.5, 0.6) is 0 Å². The zero-order valence-corrected chi connectivity index (χ0v) is 19.4. The maximum atomic E-state index is 12.9. The van der Waals surface area contributed by atoms with Crippen molar-refractivity contribution in [3.63, 3.8) is 0 Å². The molecule has 0 unspecified atom stereocenters. The molecule has 7 nitrogen and oxygen atoms in total. The van der Waals surface area contributed by atoms with Crippen LogP contribution in [0.3, 0.4) is 0 Å². The number of amides is 1. The summed E-state index contributed by atoms with van der Waals surface area (Å²) < 4.78 is 0. The molecule has 1 saturated heterocycles. The average molecular weight is 455 g/mol. The molecule has 174 valence electrons. The Bertz CT molecular complexity index is 1270. The van der Waals surface area contributed by atoms with Crippen molar-refractivity contribution in [2.45, 2.75) is 50.5 Å². The minimum absolute atomic E-state index is 0.278. The normalized spacial score (nSPS) is 22.9. The lowest BCUT2D eigenvalue weighted by atomic mass is 9.98. The Morgan fingerprint density at radius 1 is 0.971 bits per heavy atom. The molecule has 3 saturated carbocycles. The molecule has 1 aliphatic heterocycles. The zero-order valence-electron chi connectivity index (χ0n) is 19.4. The molecule has 34 heavy (non-hydrogen) atoms. The number of carbonyl (C=O) groups is 1. The summed E-state index contributed by atoms with van der Waals surface area (Å²) in [5.74, 6) is 2.65. The van der Waals surface area contributed by atoms with Crippen LogP contribution in [0.25, 0.3) is 22.2 Å². The number of para-hydroxylation sites is 1. The van der Waals surface area contributed by atoms with Gasteiger partial charge in [0.15, 0.2) is 5.82 Å². The zero-order chi connectivity index (χ0) is 22.8. The van der Waals surface area contributed by atoms with Gasteiger partial charge in [0.05, 0.1) is 28.5 Å². The van der Waals surface area contributed by atoms with Crippen LogP contribution in [0, 0.1) is 11.8 Å². The molecule has 0 bridgehead atoms. The molecule has 3 aliphatic carbocycles. The van der Waals surface area contributed by atoms with Crippen molar-refractivity contribution in [1.29, 1.82) is 0 Å². The summed E-state index contributed by atoms with van der Waals surface area (Å²) >= 11 is 0. The Kier molecular flexibility index (Phi) is 4.54. The summed E-state index contributed by atoms with van der Waals surface area (Å²) in [4.78, 5) is 31.8. The van der Waals surface area contributed by atoms with E-state index in [-0.39, 0.29) is 5.92 Å². The fraction of sp³-hybridized carbons (Fsp3) is 0.481. The molecule has 3 heterocycles. The molecule has 2 N–H and O–H groups in total. The first-order valence-electron chi connectivity index (χ1n) is 12.7. The molecule has 1 atom stereocenters. The van der Waals surface area contributed by atoms with Gasteiger partial charge in [0, 0.05) is 55.0 Å². The number of rotatable bonds is 5. The van der Waals surface area contributed by atoms with Crippen LogP contribution in [0.2, 0.25) is 0 Å². The van der Waals surface area contributed by atoms with Crippen molar-refractivity contribution in [2.24, 2.45) is 11.8 Å². The van der Waals surface area contributed by atoms with Gasteiger partial charge in [-0.25, -0.2) is 4.98 Å². The van der Waals surface area contributed by atoms with Gasteiger partial charge in [-0.1, -0.05) is 12.1 Å². The maximum Gasteiger partial charge on any atom is 0.226 e. The van der Waals surface area contributed by atoms with Gasteiger partial charge in [-0.3, -0.25) is 14.8 Å². The summed E-state index contributed by atoms with van der Waals surface area (Å²) in [5.41, 5.74) is 12.4. The lowest BCUT2D eigenvalue weighted by Crippen LogP contribution is -2.57. The van der Waals surface area contributed by atoms with E-state index < -0.39 is 0 Å². The van der Waals surface area contributed by atoms with E-state index in [0.29, 0.717) is 29.5 Å². The number of fused-ring (bicyclic) bond motifs is 1. The highest BCUT2D eigenvalue weighted by Gasteiger charge is 2.45. The lowest BCUT2D eigenvalue weighted by molar-refractivity contribution is -0.135. The molecule has 3 aromatic rings. The number of pyridine rings is 1. The van der Waals surface area contributed by atoms with E-state index in [1.54, 1.807) is 12.4 Å². The maximum absolute atomic E-state index is 12.9. The van der Waals surface area contributed by atoms with Crippen LogP contribution >= 0.6 is 0 Å². The van der Waals surface area contributed by atoms with Crippen LogP contribution in [-0.4, -0.2) is 51.4 Å². The van der Waals surface area contributed by atoms with E-state index in [1.165, 1.54) is 12.8 Å². The second kappa shape index (κ2) is 7.65. The van der Waals surface area contributed by atoms with Crippen LogP contribution in [0.15, 0.2) is 36.7 Å². The van der Waals surface area contributed by atoms with Gasteiger partial charge < -0.3 is 15.5 Å². The van der Waals surface area contributed by atoms with Crippen LogP contribution in [-0.2, 0) is 4.79 Å². The highest BCUT2D eigenvalue weighted by Crippen LogP contribution is 2.47. The summed E-state index contributed by atoms with van der Waals surface area (Å²) in [7, 11) is 0. The van der Waals surface area contributed by atoms with Crippen molar-refractivity contribution in [2.75, 3.05) is 30.3 Å². The molecule has 1 aromatic carbocycles. The molecular formula is C27H30N6O. The molecule has 4 aliphatic rings. The third-order valence-electron chi connectivity index (χ3n) is 7.91. The fourth-order valence-corrected chi connectivity index (χ4v) is 5.61. The summed E-state index contributed by atoms with van der Waals surface area (Å²) in [6.45, 7) is 2.41. The predicted molar refractivity (Wildman–Crippen MR) is 132 cm³/mol. The van der Waals surface area contributed by atoms with E-state index in [2.05, 4.69) is 31.9 Å². The van der Waals surface area contributed by atoms with E-state index in [4.69, 9.17) is 10.7 Å². The van der Waals surface area contributed by atoms with Gasteiger partial charge in [-0.05, 0) is 56.6 Å². The minimum atomic E-state index is 0.278. The second-order valence-corrected chi connectivity index (χ2v) is 10.5. The van der Waals surface area contributed by atoms with Gasteiger partial charge in [0.2, 0.25) is 5.91 Å². The first-order valence-corrected chi connectivity index (χ1v) is 12.7. The van der Waals surface area contributed by atoms with Crippen molar-refractivity contribution in [1.82, 2.24) is 19.9 Å². The Labute approximate surface area is 199 Å². The number of hydrogen-bond acceptors (Lipinski definition) is 6. The average Bonchev–Trinajstić information content (AvgIpc) is 3.73. The number of anilines is 2. The van der Waals surface area contributed by atoms with E-state index in [1.807, 2.05) is 12.1 Å². The summed E-state index contributed by atoms with van der Waals surface area (Å²) in [6.07, 6.45) is 10.4. The molecule has 2 aromatic heterocycles. The second-order valence-electron chi connectivity index (χ2n) is 10.5. The first-order chi connectivity index (χ1) is 16.7. The van der Waals surface area contributed by atoms with E-state index in [9.17, 15) is 4.79 Å². The standard InChI is InChI=1S/C27H30N6O/c28-21-14-20(19-2-1-3-22-25(19)30-11-10-29-22)24(17-6-7-17)31-26(21)32-12-13-33(27(34)18-8-9-18)23(15-32)16-4-5-16/h1-3,10-11,14,16-18,23H,4-9,12-13,15,28H2/t23-/m0/s1. The smallest absolute Gasteiger partial charge is 0.226 e. The predicted octanol–water partition coefficient (Wildman–Crippen LogP) is 3.99. The largest absolute Gasteiger partial charge is 0.396 e. The Hall–Kier alpha value is -3.22. The Balaban J connectivity index is 1.25. The van der Waals surface area contributed by atoms with Crippen LogP contribution in [0.4, 0.5) is 11.5 Å². The van der Waals surface area contributed by atoms with Crippen LogP contribution < -0.4 is 10.6 Å². The third-order valence-corrected chi connectivity index (χ3v) is 7.91. The van der Waals surface area contributed by atoms with E-state index in [0.717, 1.165) is 79.0 Å². The van der Waals surface area contributed by atoms with Crippen molar-refractivity contribution < 1.29 is 4.79 Å². The number of aromatic nitrogens is 3. The number of piperazine rings is 1. The van der Waals surface area contributed by atoms with Crippen molar-refractivity contribution >= 4 is 28.4 Å². The number of nitrogens with two attached hydrogens (primary N) is 1. The lowest BCUT2D eigenvalue weighted by Gasteiger charge is -2.43. The monoisotopic (exact) mass is 454 g/mol. The molecular weight excluding hydrogens is 424 g/mol. The van der Waals surface area contributed by atoms with Crippen molar-refractivity contribution in [3.05, 3.63) is 42.4 Å². The quantitative estimate of drug-likeness (QED) is 0.627. The topological polar surface area (TPSA) is 88.2 Å². The number of benzene rings is 1. The number of nitrogens with zero attached hydrogens (tertiary/aromatic N) is 5. The number of nitrogen functional groups attached to an aromatic ring is 1. The molecule has 4 fully saturated rings. The van der Waals surface area contributed by atoms with Gasteiger partial charge >= 0.3 is 0 Å². The van der Waals surface area contributed by atoms with Gasteiger partial charge in [-0.15, -0.1) is 0 Å². The molecule has 0 spiro atoms. The Morgan fingerprint density at radius 3 is 2.56 bits per heavy atom. The first kappa shape index (κ1) is 20.2. The minimum Gasteiger partial charge on any atom is -0.396 e. The van der Waals surface area contributed by atoms with Crippen molar-refractivity contribution in [3.8, 4) is 11.1 Å².